The first-order valence-corrected chi connectivity index (χ1v) is 5.41. The minimum atomic E-state index is -0.460. The highest BCUT2D eigenvalue weighted by atomic mass is 79.9. The van der Waals surface area contributed by atoms with Gasteiger partial charge in [0.15, 0.2) is 0 Å². The van der Waals surface area contributed by atoms with Gasteiger partial charge >= 0.3 is 0 Å². The molecule has 0 radical (unpaired) electrons. The molecular weight excluding hydrogens is 258 g/mol. The number of nitrogens with zero attached hydrogens (tertiary/aromatic N) is 2. The second kappa shape index (κ2) is 5.23. The van der Waals surface area contributed by atoms with Crippen LogP contribution >= 0.6 is 15.9 Å². The predicted molar refractivity (Wildman–Crippen MR) is 62.1 cm³/mol. The third-order valence-electron chi connectivity index (χ3n) is 1.97. The number of hydrogen-bond donors (Lipinski definition) is 1. The van der Waals surface area contributed by atoms with E-state index in [0.717, 1.165) is 10.2 Å². The van der Waals surface area contributed by atoms with Crippen molar-refractivity contribution in [3.63, 3.8) is 0 Å². The first kappa shape index (κ1) is 12.1. The van der Waals surface area contributed by atoms with Crippen LogP contribution in [0.15, 0.2) is 22.9 Å². The Kier molecular flexibility index (Phi) is 4.23. The molecule has 1 aromatic heterocycles. The quantitative estimate of drug-likeness (QED) is 0.840. The third kappa shape index (κ3) is 3.60. The zero-order valence-electron chi connectivity index (χ0n) is 8.77. The average molecular weight is 272 g/mol. The fraction of sp³-hybridized carbons (Fsp3) is 0.400. The maximum Gasteiger partial charge on any atom is 0.239 e. The van der Waals surface area contributed by atoms with Crippen molar-refractivity contribution in [3.05, 3.63) is 28.5 Å². The number of amides is 1. The van der Waals surface area contributed by atoms with Crippen LogP contribution in [0, 0.1) is 0 Å². The van der Waals surface area contributed by atoms with Crippen LogP contribution in [-0.4, -0.2) is 28.9 Å². The van der Waals surface area contributed by atoms with E-state index in [9.17, 15) is 4.79 Å². The molecule has 1 aromatic rings. The molecule has 1 amide bonds. The van der Waals surface area contributed by atoms with Gasteiger partial charge in [-0.25, -0.2) is 4.98 Å². The van der Waals surface area contributed by atoms with Crippen molar-refractivity contribution in [2.24, 2.45) is 5.73 Å². The third-order valence-corrected chi connectivity index (χ3v) is 2.44. The van der Waals surface area contributed by atoms with Crippen LogP contribution in [0.3, 0.4) is 0 Å². The lowest BCUT2D eigenvalue weighted by atomic mass is 10.2. The minimum absolute atomic E-state index is 0.0714. The van der Waals surface area contributed by atoms with Gasteiger partial charge in [-0.05, 0) is 34.5 Å². The Hall–Kier alpha value is -0.940. The van der Waals surface area contributed by atoms with Gasteiger partial charge in [-0.15, -0.1) is 0 Å². The van der Waals surface area contributed by atoms with E-state index in [4.69, 9.17) is 5.73 Å². The second-order valence-electron chi connectivity index (χ2n) is 3.47. The molecule has 0 bridgehead atoms. The number of hydrogen-bond acceptors (Lipinski definition) is 3. The molecule has 82 valence electrons. The highest BCUT2D eigenvalue weighted by Gasteiger charge is 2.13. The Morgan fingerprint density at radius 3 is 2.80 bits per heavy atom. The summed E-state index contributed by atoms with van der Waals surface area (Å²) in [5, 5.41) is 0. The van der Waals surface area contributed by atoms with Gasteiger partial charge in [-0.1, -0.05) is 6.07 Å². The Morgan fingerprint density at radius 2 is 2.33 bits per heavy atom. The van der Waals surface area contributed by atoms with E-state index in [1.165, 1.54) is 0 Å². The predicted octanol–water partition coefficient (Wildman–Crippen LogP) is 1.15. The maximum atomic E-state index is 11.5. The molecule has 0 unspecified atom stereocenters. The van der Waals surface area contributed by atoms with Crippen LogP contribution in [0.4, 0.5) is 0 Å². The Morgan fingerprint density at radius 1 is 1.67 bits per heavy atom. The molecule has 0 aliphatic rings. The van der Waals surface area contributed by atoms with Gasteiger partial charge in [0.2, 0.25) is 5.91 Å². The van der Waals surface area contributed by atoms with Crippen LogP contribution < -0.4 is 5.73 Å². The van der Waals surface area contributed by atoms with E-state index in [0.29, 0.717) is 6.54 Å². The van der Waals surface area contributed by atoms with Crippen molar-refractivity contribution in [1.82, 2.24) is 9.88 Å². The van der Waals surface area contributed by atoms with Crippen molar-refractivity contribution in [1.29, 1.82) is 0 Å². The zero-order valence-corrected chi connectivity index (χ0v) is 10.4. The molecular formula is C10H14BrN3O. The van der Waals surface area contributed by atoms with E-state index in [2.05, 4.69) is 20.9 Å². The number of rotatable bonds is 3. The lowest BCUT2D eigenvalue weighted by Crippen LogP contribution is -2.39. The van der Waals surface area contributed by atoms with Gasteiger partial charge in [0.25, 0.3) is 0 Å². The topological polar surface area (TPSA) is 59.2 Å². The summed E-state index contributed by atoms with van der Waals surface area (Å²) in [5.74, 6) is -0.0714. The summed E-state index contributed by atoms with van der Waals surface area (Å²) in [6, 6.07) is 3.31. The number of halogens is 1. The summed E-state index contributed by atoms with van der Waals surface area (Å²) in [6.45, 7) is 2.21. The molecule has 0 saturated heterocycles. The molecule has 0 spiro atoms. The summed E-state index contributed by atoms with van der Waals surface area (Å²) >= 11 is 3.25. The zero-order chi connectivity index (χ0) is 11.4. The van der Waals surface area contributed by atoms with E-state index in [1.54, 1.807) is 25.1 Å². The smallest absolute Gasteiger partial charge is 0.239 e. The van der Waals surface area contributed by atoms with Crippen LogP contribution in [0.25, 0.3) is 0 Å². The fourth-order valence-electron chi connectivity index (χ4n) is 1.20. The fourth-order valence-corrected chi connectivity index (χ4v) is 1.43. The van der Waals surface area contributed by atoms with Crippen LogP contribution in [0.2, 0.25) is 0 Å². The summed E-state index contributed by atoms with van der Waals surface area (Å²) in [5.41, 5.74) is 6.48. The lowest BCUT2D eigenvalue weighted by Gasteiger charge is -2.19. The average Bonchev–Trinajstić information content (AvgIpc) is 2.20. The van der Waals surface area contributed by atoms with E-state index >= 15 is 0 Å². The van der Waals surface area contributed by atoms with E-state index in [-0.39, 0.29) is 5.91 Å². The molecule has 0 aliphatic heterocycles. The molecule has 1 rings (SSSR count). The summed E-state index contributed by atoms with van der Waals surface area (Å²) in [4.78, 5) is 17.2. The van der Waals surface area contributed by atoms with Crippen molar-refractivity contribution in [3.8, 4) is 0 Å². The number of aromatic nitrogens is 1. The monoisotopic (exact) mass is 271 g/mol. The maximum absolute atomic E-state index is 11.5. The van der Waals surface area contributed by atoms with Gasteiger partial charge in [0, 0.05) is 19.8 Å². The molecule has 1 atom stereocenters. The molecule has 0 aromatic carbocycles. The number of nitrogens with two attached hydrogens (primary N) is 1. The highest BCUT2D eigenvalue weighted by molar-refractivity contribution is 9.10. The van der Waals surface area contributed by atoms with Crippen LogP contribution in [-0.2, 0) is 11.3 Å². The Labute approximate surface area is 97.6 Å². The lowest BCUT2D eigenvalue weighted by molar-refractivity contribution is -0.131. The molecule has 5 heteroatoms. The van der Waals surface area contributed by atoms with Gasteiger partial charge in [-0.3, -0.25) is 4.79 Å². The minimum Gasteiger partial charge on any atom is -0.340 e. The normalized spacial score (nSPS) is 12.3. The molecule has 0 fully saturated rings. The molecule has 1 heterocycles. The van der Waals surface area contributed by atoms with Gasteiger partial charge in [-0.2, -0.15) is 0 Å². The van der Waals surface area contributed by atoms with Crippen molar-refractivity contribution >= 4 is 21.8 Å². The van der Waals surface area contributed by atoms with Crippen molar-refractivity contribution in [2.45, 2.75) is 19.5 Å². The first-order chi connectivity index (χ1) is 7.00. The van der Waals surface area contributed by atoms with Gasteiger partial charge < -0.3 is 10.6 Å². The van der Waals surface area contributed by atoms with E-state index < -0.39 is 6.04 Å². The number of carbonyl (C=O) groups excluding carboxylic acids is 1. The van der Waals surface area contributed by atoms with Gasteiger partial charge in [0.05, 0.1) is 6.04 Å². The Balaban J connectivity index is 2.62. The number of likely N-dealkylation sites (N-methyl/N-ethyl adjacent to an activating group) is 1. The number of carbonyl (C=O) groups is 1. The summed E-state index contributed by atoms with van der Waals surface area (Å²) < 4.78 is 0.785. The molecule has 0 saturated carbocycles. The van der Waals surface area contributed by atoms with Crippen LogP contribution in [0.5, 0.6) is 0 Å². The Bertz CT molecular complexity index is 337. The molecule has 0 aliphatic carbocycles. The highest BCUT2D eigenvalue weighted by Crippen LogP contribution is 2.08. The molecule has 2 N–H and O–H groups in total. The van der Waals surface area contributed by atoms with Gasteiger partial charge in [0.1, 0.15) is 4.60 Å². The number of pyridine rings is 1. The standard InChI is InChI=1S/C10H14BrN3O/c1-7(12)10(15)14(2)6-8-3-4-9(11)13-5-8/h3-5,7H,6,12H2,1-2H3/t7-/m0/s1. The first-order valence-electron chi connectivity index (χ1n) is 4.61. The van der Waals surface area contributed by atoms with Crippen molar-refractivity contribution in [2.75, 3.05) is 7.05 Å². The molecule has 4 nitrogen and oxygen atoms in total. The van der Waals surface area contributed by atoms with Crippen molar-refractivity contribution < 1.29 is 4.79 Å². The van der Waals surface area contributed by atoms with E-state index in [1.807, 2.05) is 12.1 Å². The summed E-state index contributed by atoms with van der Waals surface area (Å²) in [7, 11) is 1.73. The second-order valence-corrected chi connectivity index (χ2v) is 4.28. The SMILES string of the molecule is C[C@H](N)C(=O)N(C)Cc1ccc(Br)nc1. The largest absolute Gasteiger partial charge is 0.340 e. The molecule has 15 heavy (non-hydrogen) atoms. The van der Waals surface area contributed by atoms with Crippen LogP contribution in [0.1, 0.15) is 12.5 Å². The summed E-state index contributed by atoms with van der Waals surface area (Å²) in [6.07, 6.45) is 1.73.